The maximum absolute atomic E-state index is 12.8. The molecule has 2 saturated heterocycles. The molecule has 6 nitrogen and oxygen atoms in total. The molecule has 3 aromatic rings. The van der Waals surface area contributed by atoms with Crippen molar-refractivity contribution in [3.8, 4) is 0 Å². The van der Waals surface area contributed by atoms with Crippen LogP contribution in [0.5, 0.6) is 0 Å². The van der Waals surface area contributed by atoms with E-state index in [1.54, 1.807) is 12.3 Å². The minimum absolute atomic E-state index is 0.115. The SMILES string of the molecule is C=C(c1ccc(C(=O)N[C@H]2CCN(Cc3ccbcc3)C2)nc1)N1CCN(c2ccc(Cl)cc2)CC1. The zero-order valence-electron chi connectivity index (χ0n) is 20.4. The Morgan fingerprint density at radius 2 is 1.78 bits per heavy atom. The predicted octanol–water partition coefficient (Wildman–Crippen LogP) is 3.87. The molecule has 2 fully saturated rings. The first-order chi connectivity index (χ1) is 17.5. The molecule has 2 aromatic heterocycles. The van der Waals surface area contributed by atoms with Crippen molar-refractivity contribution < 1.29 is 4.79 Å². The van der Waals surface area contributed by atoms with E-state index in [0.29, 0.717) is 5.69 Å². The summed E-state index contributed by atoms with van der Waals surface area (Å²) in [6.45, 7) is 12.7. The van der Waals surface area contributed by atoms with Gasteiger partial charge in [-0.05, 0) is 24.3 Å². The number of halogens is 1. The number of carbonyl (C=O) groups is 1. The fraction of sp³-hybridized carbons (Fsp3) is 0.321. The minimum atomic E-state index is -0.115. The van der Waals surface area contributed by atoms with Crippen LogP contribution in [0.3, 0.4) is 0 Å². The molecule has 0 unspecified atom stereocenters. The summed E-state index contributed by atoms with van der Waals surface area (Å²) in [5.41, 5.74) is 4.82. The number of carbonyl (C=O) groups excluding carboxylic acids is 1. The molecule has 36 heavy (non-hydrogen) atoms. The molecule has 0 saturated carbocycles. The Morgan fingerprint density at radius 3 is 2.47 bits per heavy atom. The van der Waals surface area contributed by atoms with E-state index < -0.39 is 0 Å². The fourth-order valence-electron chi connectivity index (χ4n) is 4.96. The number of hydrogen-bond acceptors (Lipinski definition) is 5. The molecular formula is C28H31BClN5O. The smallest absolute Gasteiger partial charge is 0.368 e. The summed E-state index contributed by atoms with van der Waals surface area (Å²) in [4.78, 5) is 24.3. The van der Waals surface area contributed by atoms with Crippen LogP contribution >= 0.6 is 11.6 Å². The third kappa shape index (κ3) is 5.97. The van der Waals surface area contributed by atoms with E-state index in [2.05, 4.69) is 67.8 Å². The molecule has 1 amide bonds. The van der Waals surface area contributed by atoms with Crippen LogP contribution < -0.4 is 10.2 Å². The van der Waals surface area contributed by atoms with Crippen molar-refractivity contribution in [3.05, 3.63) is 95.1 Å². The molecule has 2 aliphatic heterocycles. The standard InChI is InChI=1S/C28H31BClN5O/c1-21(34-14-16-35(17-15-34)26-5-3-24(30)4-6-26)23-2-7-27(31-18-23)28(36)32-25-10-13-33(20-25)19-22-8-11-29-12-9-22/h2-9,11-12,18,25H,1,10,13-17,19-20H2,(H,32,36)/t25-/m0/s1. The van der Waals surface area contributed by atoms with Gasteiger partial charge in [-0.3, -0.25) is 0 Å². The van der Waals surface area contributed by atoms with Crippen molar-refractivity contribution in [2.75, 3.05) is 44.2 Å². The Balaban J connectivity index is 1.10. The number of rotatable bonds is 7. The van der Waals surface area contributed by atoms with Crippen molar-refractivity contribution in [2.24, 2.45) is 0 Å². The summed E-state index contributed by atoms with van der Waals surface area (Å²) in [5.74, 6) is 4.02. The molecule has 4 heterocycles. The number of benzene rings is 1. The van der Waals surface area contributed by atoms with Gasteiger partial charge in [0, 0.05) is 48.1 Å². The number of piperazine rings is 1. The Hall–Kier alpha value is -3.16. The monoisotopic (exact) mass is 499 g/mol. The van der Waals surface area contributed by atoms with Crippen molar-refractivity contribution in [1.82, 2.24) is 20.1 Å². The molecule has 0 aliphatic carbocycles. The molecule has 1 aromatic carbocycles. The summed E-state index contributed by atoms with van der Waals surface area (Å²) in [6.07, 6.45) is 2.72. The summed E-state index contributed by atoms with van der Waals surface area (Å²) in [5, 5.41) is 3.91. The predicted molar refractivity (Wildman–Crippen MR) is 147 cm³/mol. The first-order valence-corrected chi connectivity index (χ1v) is 12.9. The molecule has 0 radical (unpaired) electrons. The third-order valence-electron chi connectivity index (χ3n) is 7.04. The van der Waals surface area contributed by atoms with Gasteiger partial charge in [-0.2, -0.15) is 0 Å². The molecule has 8 heteroatoms. The van der Waals surface area contributed by atoms with Crippen LogP contribution in [0.25, 0.3) is 5.70 Å². The van der Waals surface area contributed by atoms with E-state index in [9.17, 15) is 4.79 Å². The first-order valence-electron chi connectivity index (χ1n) is 12.5. The topological polar surface area (TPSA) is 51.7 Å². The number of amides is 1. The number of likely N-dealkylation sites (tertiary alicyclic amines) is 1. The molecule has 0 bridgehead atoms. The number of hydrogen-bond donors (Lipinski definition) is 1. The van der Waals surface area contributed by atoms with E-state index in [1.807, 2.05) is 25.1 Å². The second kappa shape index (κ2) is 11.3. The number of nitrogens with zero attached hydrogens (tertiary/aromatic N) is 4. The van der Waals surface area contributed by atoms with E-state index in [1.165, 1.54) is 11.3 Å². The van der Waals surface area contributed by atoms with E-state index in [0.717, 1.165) is 68.5 Å². The van der Waals surface area contributed by atoms with Crippen LogP contribution in [0, 0.1) is 0 Å². The van der Waals surface area contributed by atoms with Gasteiger partial charge in [0.1, 0.15) is 0 Å². The number of pyridine rings is 1. The van der Waals surface area contributed by atoms with E-state index in [-0.39, 0.29) is 11.9 Å². The second-order valence-corrected chi connectivity index (χ2v) is 9.95. The molecule has 1 N–H and O–H groups in total. The van der Waals surface area contributed by atoms with Gasteiger partial charge in [-0.15, -0.1) is 0 Å². The fourth-order valence-corrected chi connectivity index (χ4v) is 5.09. The van der Waals surface area contributed by atoms with Crippen LogP contribution in [-0.2, 0) is 6.54 Å². The maximum atomic E-state index is 12.8. The molecule has 2 aliphatic rings. The summed E-state index contributed by atoms with van der Waals surface area (Å²) < 4.78 is 0. The number of anilines is 1. The van der Waals surface area contributed by atoms with Gasteiger partial charge < -0.3 is 9.80 Å². The van der Waals surface area contributed by atoms with Crippen LogP contribution in [0.15, 0.2) is 73.2 Å². The normalized spacial score (nSPS) is 18.2. The Morgan fingerprint density at radius 1 is 1.03 bits per heavy atom. The first kappa shape index (κ1) is 24.5. The van der Waals surface area contributed by atoms with Crippen LogP contribution in [0.1, 0.15) is 28.0 Å². The molecule has 184 valence electrons. The van der Waals surface area contributed by atoms with Crippen molar-refractivity contribution in [2.45, 2.75) is 19.0 Å². The molecule has 0 spiro atoms. The van der Waals surface area contributed by atoms with Gasteiger partial charge in [0.05, 0.1) is 0 Å². The van der Waals surface area contributed by atoms with Gasteiger partial charge in [0.15, 0.2) is 0 Å². The van der Waals surface area contributed by atoms with Gasteiger partial charge >= 0.3 is 119 Å². The summed E-state index contributed by atoms with van der Waals surface area (Å²) in [6, 6.07) is 16.2. The Bertz CT molecular complexity index is 1180. The van der Waals surface area contributed by atoms with Crippen molar-refractivity contribution >= 4 is 35.8 Å². The van der Waals surface area contributed by atoms with Gasteiger partial charge in [-0.1, -0.05) is 18.2 Å². The average molecular weight is 500 g/mol. The average Bonchev–Trinajstić information content (AvgIpc) is 3.36. The van der Waals surface area contributed by atoms with Gasteiger partial charge in [0.25, 0.3) is 0 Å². The second-order valence-electron chi connectivity index (χ2n) is 9.51. The van der Waals surface area contributed by atoms with Crippen LogP contribution in [-0.4, -0.2) is 72.9 Å². The number of nitrogens with one attached hydrogen (secondary N) is 1. The zero-order chi connectivity index (χ0) is 24.9. The summed E-state index contributed by atoms with van der Waals surface area (Å²) >= 11 is 6.02. The van der Waals surface area contributed by atoms with Crippen LogP contribution in [0.2, 0.25) is 5.02 Å². The minimum Gasteiger partial charge on any atom is -0.368 e. The van der Waals surface area contributed by atoms with Gasteiger partial charge in [-0.25, -0.2) is 0 Å². The molecule has 5 rings (SSSR count). The zero-order valence-corrected chi connectivity index (χ0v) is 21.2. The van der Waals surface area contributed by atoms with Crippen molar-refractivity contribution in [3.63, 3.8) is 0 Å². The number of aromatic nitrogens is 1. The van der Waals surface area contributed by atoms with Crippen LogP contribution in [0.4, 0.5) is 5.69 Å². The quantitative estimate of drug-likeness (QED) is 0.535. The Kier molecular flexibility index (Phi) is 7.68. The summed E-state index contributed by atoms with van der Waals surface area (Å²) in [7, 11) is 0. The molecule has 1 atom stereocenters. The molecular weight excluding hydrogens is 469 g/mol. The van der Waals surface area contributed by atoms with E-state index in [4.69, 9.17) is 11.6 Å². The van der Waals surface area contributed by atoms with Gasteiger partial charge in [0.2, 0.25) is 0 Å². The third-order valence-corrected chi connectivity index (χ3v) is 7.29. The Labute approximate surface area is 218 Å². The van der Waals surface area contributed by atoms with Crippen molar-refractivity contribution in [1.29, 1.82) is 0 Å². The van der Waals surface area contributed by atoms with E-state index >= 15 is 0 Å².